The largest absolute Gasteiger partial charge is 0.462 e. The number of rotatable bonds is 2. The van der Waals surface area contributed by atoms with Gasteiger partial charge in [-0.3, -0.25) is 9.59 Å². The second-order valence-electron chi connectivity index (χ2n) is 10.1. The summed E-state index contributed by atoms with van der Waals surface area (Å²) in [5.74, 6) is 2.16. The van der Waals surface area contributed by atoms with E-state index in [0.717, 1.165) is 43.9 Å². The molecule has 0 spiro atoms. The Morgan fingerprint density at radius 1 is 1.07 bits per heavy atom. The highest BCUT2D eigenvalue weighted by molar-refractivity contribution is 5.73. The molecule has 0 bridgehead atoms. The number of carbonyl (C=O) groups excluding carboxylic acids is 2. The fourth-order valence-electron chi connectivity index (χ4n) is 7.45. The molecule has 3 saturated carbocycles. The number of amides is 1. The van der Waals surface area contributed by atoms with Crippen LogP contribution in [-0.2, 0) is 14.3 Å². The van der Waals surface area contributed by atoms with Crippen LogP contribution in [0.3, 0.4) is 0 Å². The van der Waals surface area contributed by atoms with Crippen molar-refractivity contribution in [1.82, 2.24) is 5.32 Å². The summed E-state index contributed by atoms with van der Waals surface area (Å²) in [7, 11) is 0. The first kappa shape index (κ1) is 19.0. The van der Waals surface area contributed by atoms with Gasteiger partial charge in [0, 0.05) is 26.3 Å². The van der Waals surface area contributed by atoms with Crippen LogP contribution in [0.5, 0.6) is 0 Å². The average Bonchev–Trinajstić information content (AvgIpc) is 2.91. The summed E-state index contributed by atoms with van der Waals surface area (Å²) in [6.45, 7) is 8.08. The van der Waals surface area contributed by atoms with Crippen molar-refractivity contribution in [2.24, 2.45) is 28.6 Å². The number of hydrogen-bond acceptors (Lipinski definition) is 3. The van der Waals surface area contributed by atoms with E-state index in [4.69, 9.17) is 4.74 Å². The van der Waals surface area contributed by atoms with Crippen LogP contribution in [-0.4, -0.2) is 24.0 Å². The lowest BCUT2D eigenvalue weighted by molar-refractivity contribution is -0.148. The molecule has 4 nitrogen and oxygen atoms in total. The van der Waals surface area contributed by atoms with E-state index in [0.29, 0.717) is 12.0 Å². The van der Waals surface area contributed by atoms with Gasteiger partial charge in [-0.05, 0) is 73.5 Å². The molecule has 27 heavy (non-hydrogen) atoms. The van der Waals surface area contributed by atoms with Gasteiger partial charge in [-0.15, -0.1) is 0 Å². The molecule has 4 rings (SSSR count). The van der Waals surface area contributed by atoms with Crippen LogP contribution < -0.4 is 5.32 Å². The van der Waals surface area contributed by atoms with Crippen molar-refractivity contribution in [2.75, 3.05) is 0 Å². The first-order chi connectivity index (χ1) is 12.7. The lowest BCUT2D eigenvalue weighted by Crippen LogP contribution is -2.53. The lowest BCUT2D eigenvalue weighted by Gasteiger charge is -2.58. The van der Waals surface area contributed by atoms with Gasteiger partial charge in [0.2, 0.25) is 5.91 Å². The van der Waals surface area contributed by atoms with Crippen LogP contribution in [0.15, 0.2) is 11.6 Å². The van der Waals surface area contributed by atoms with E-state index in [1.54, 1.807) is 12.5 Å². The minimum Gasteiger partial charge on any atom is -0.462 e. The third-order valence-electron chi connectivity index (χ3n) is 8.77. The van der Waals surface area contributed by atoms with Crippen molar-refractivity contribution in [3.05, 3.63) is 11.6 Å². The molecule has 2 unspecified atom stereocenters. The maximum Gasteiger partial charge on any atom is 0.302 e. The Morgan fingerprint density at radius 2 is 1.85 bits per heavy atom. The third kappa shape index (κ3) is 3.03. The molecule has 0 heterocycles. The van der Waals surface area contributed by atoms with Gasteiger partial charge < -0.3 is 10.1 Å². The molecule has 1 N–H and O–H groups in total. The van der Waals surface area contributed by atoms with E-state index in [-0.39, 0.29) is 28.8 Å². The summed E-state index contributed by atoms with van der Waals surface area (Å²) in [6.07, 6.45) is 11.6. The number of esters is 1. The molecule has 0 aromatic heterocycles. The third-order valence-corrected chi connectivity index (χ3v) is 8.77. The van der Waals surface area contributed by atoms with Crippen molar-refractivity contribution in [3.63, 3.8) is 0 Å². The summed E-state index contributed by atoms with van der Waals surface area (Å²) in [4.78, 5) is 23.1. The van der Waals surface area contributed by atoms with Gasteiger partial charge in [0.15, 0.2) is 0 Å². The molecule has 0 radical (unpaired) electrons. The SMILES string of the molecule is CC(=O)NC1CC[C@H]2[C@@H]3CC=C4CC(OC(C)=O)CC[C@]4(C)[C@H]3CC[C@]12C. The smallest absolute Gasteiger partial charge is 0.302 e. The second kappa shape index (κ2) is 6.63. The molecule has 150 valence electrons. The molecule has 4 aliphatic carbocycles. The minimum atomic E-state index is -0.152. The van der Waals surface area contributed by atoms with E-state index in [9.17, 15) is 9.59 Å². The Bertz CT molecular complexity index is 671. The number of allylic oxidation sites excluding steroid dienone is 1. The van der Waals surface area contributed by atoms with Gasteiger partial charge >= 0.3 is 5.97 Å². The predicted molar refractivity (Wildman–Crippen MR) is 105 cm³/mol. The zero-order valence-electron chi connectivity index (χ0n) is 17.3. The molecule has 7 atom stereocenters. The Kier molecular flexibility index (Phi) is 4.67. The summed E-state index contributed by atoms with van der Waals surface area (Å²) >= 11 is 0. The maximum atomic E-state index is 11.7. The van der Waals surface area contributed by atoms with Gasteiger partial charge in [-0.2, -0.15) is 0 Å². The van der Waals surface area contributed by atoms with Crippen LogP contribution in [0.1, 0.15) is 79.1 Å². The highest BCUT2D eigenvalue weighted by Crippen LogP contribution is 2.64. The Labute approximate surface area is 163 Å². The fraction of sp³-hybridized carbons (Fsp3) is 0.826. The van der Waals surface area contributed by atoms with Crippen LogP contribution >= 0.6 is 0 Å². The van der Waals surface area contributed by atoms with Crippen LogP contribution in [0.25, 0.3) is 0 Å². The molecule has 0 aliphatic heterocycles. The molecular formula is C23H35NO3. The van der Waals surface area contributed by atoms with Gasteiger partial charge in [0.05, 0.1) is 0 Å². The zero-order chi connectivity index (χ0) is 19.4. The topological polar surface area (TPSA) is 55.4 Å². The van der Waals surface area contributed by atoms with Crippen molar-refractivity contribution >= 4 is 11.9 Å². The lowest BCUT2D eigenvalue weighted by atomic mass is 9.48. The molecule has 4 aliphatic rings. The Hall–Kier alpha value is -1.32. The summed E-state index contributed by atoms with van der Waals surface area (Å²) < 4.78 is 5.54. The van der Waals surface area contributed by atoms with Gasteiger partial charge in [0.25, 0.3) is 0 Å². The van der Waals surface area contributed by atoms with E-state index >= 15 is 0 Å². The van der Waals surface area contributed by atoms with Crippen molar-refractivity contribution in [3.8, 4) is 0 Å². The standard InChI is InChI=1S/C23H35NO3/c1-14(25)24-21-8-7-19-18-6-5-16-13-17(27-15(2)26)9-11-22(16,3)20(18)10-12-23(19,21)4/h5,17-21H,6-13H2,1-4H3,(H,24,25)/t17?,18-,19-,20-,21?,22-,23-/m0/s1. The minimum absolute atomic E-state index is 0.0721. The highest BCUT2D eigenvalue weighted by atomic mass is 16.5. The summed E-state index contributed by atoms with van der Waals surface area (Å²) in [5, 5.41) is 3.26. The van der Waals surface area contributed by atoms with Crippen LogP contribution in [0.2, 0.25) is 0 Å². The Morgan fingerprint density at radius 3 is 2.56 bits per heavy atom. The highest BCUT2D eigenvalue weighted by Gasteiger charge is 2.58. The van der Waals surface area contributed by atoms with Crippen LogP contribution in [0, 0.1) is 28.6 Å². The van der Waals surface area contributed by atoms with Crippen molar-refractivity contribution < 1.29 is 14.3 Å². The molecule has 0 aromatic rings. The monoisotopic (exact) mass is 373 g/mol. The predicted octanol–water partition coefficient (Wildman–Crippen LogP) is 4.39. The zero-order valence-corrected chi connectivity index (χ0v) is 17.3. The first-order valence-corrected chi connectivity index (χ1v) is 10.9. The summed E-state index contributed by atoms with van der Waals surface area (Å²) in [5.41, 5.74) is 2.07. The molecule has 3 fully saturated rings. The van der Waals surface area contributed by atoms with Gasteiger partial charge in [0.1, 0.15) is 6.10 Å². The number of fused-ring (bicyclic) bond motifs is 5. The Balaban J connectivity index is 1.55. The second-order valence-corrected chi connectivity index (χ2v) is 10.1. The fourth-order valence-corrected chi connectivity index (χ4v) is 7.45. The van der Waals surface area contributed by atoms with Gasteiger partial charge in [-0.1, -0.05) is 25.5 Å². The molecule has 0 aromatic carbocycles. The number of nitrogens with one attached hydrogen (secondary N) is 1. The van der Waals surface area contributed by atoms with E-state index in [1.807, 2.05) is 0 Å². The number of hydrogen-bond donors (Lipinski definition) is 1. The van der Waals surface area contributed by atoms with Gasteiger partial charge in [-0.25, -0.2) is 0 Å². The molecule has 1 amide bonds. The van der Waals surface area contributed by atoms with E-state index < -0.39 is 0 Å². The quantitative estimate of drug-likeness (QED) is 0.577. The molecule has 0 saturated heterocycles. The molecular weight excluding hydrogens is 338 g/mol. The van der Waals surface area contributed by atoms with Crippen LogP contribution in [0.4, 0.5) is 0 Å². The average molecular weight is 374 g/mol. The van der Waals surface area contributed by atoms with Crippen molar-refractivity contribution in [1.29, 1.82) is 0 Å². The number of carbonyl (C=O) groups is 2. The normalized spacial score (nSPS) is 45.8. The molecule has 4 heteroatoms. The van der Waals surface area contributed by atoms with E-state index in [1.165, 1.54) is 26.2 Å². The first-order valence-electron chi connectivity index (χ1n) is 10.9. The van der Waals surface area contributed by atoms with Crippen molar-refractivity contribution in [2.45, 2.75) is 91.2 Å². The number of ether oxygens (including phenoxy) is 1. The maximum absolute atomic E-state index is 11.7. The summed E-state index contributed by atoms with van der Waals surface area (Å²) in [6, 6.07) is 0.346. The van der Waals surface area contributed by atoms with E-state index in [2.05, 4.69) is 25.2 Å².